The van der Waals surface area contributed by atoms with Gasteiger partial charge in [0.25, 0.3) is 0 Å². The number of anilines is 1. The van der Waals surface area contributed by atoms with Gasteiger partial charge in [0, 0.05) is 67.3 Å². The molecule has 0 spiro atoms. The molecular weight excluding hydrogens is 453 g/mol. The van der Waals surface area contributed by atoms with E-state index in [1.807, 2.05) is 13.1 Å². The van der Waals surface area contributed by atoms with Gasteiger partial charge in [0.05, 0.1) is 0 Å². The van der Waals surface area contributed by atoms with Crippen molar-refractivity contribution in [2.24, 2.45) is 0 Å². The number of piperazine rings is 1. The van der Waals surface area contributed by atoms with Crippen LogP contribution in [0.25, 0.3) is 0 Å². The Bertz CT molecular complexity index is 1010. The zero-order valence-electron chi connectivity index (χ0n) is 20.1. The highest BCUT2D eigenvalue weighted by Gasteiger charge is 2.32. The van der Waals surface area contributed by atoms with Gasteiger partial charge in [-0.2, -0.15) is 0 Å². The molecule has 1 atom stereocenters. The third-order valence-electron chi connectivity index (χ3n) is 6.91. The maximum absolute atomic E-state index is 14.2. The molecule has 6 nitrogen and oxygen atoms in total. The molecule has 0 radical (unpaired) electrons. The summed E-state index contributed by atoms with van der Waals surface area (Å²) in [6.45, 7) is 13.8. The molecule has 0 amide bonds. The molecule has 2 fully saturated rings. The average molecular weight is 488 g/mol. The molecule has 1 aromatic heterocycles. The molecule has 1 aromatic carbocycles. The minimum atomic E-state index is -0.226. The number of halogens is 2. The highest BCUT2D eigenvalue weighted by atomic mass is 35.5. The highest BCUT2D eigenvalue weighted by Crippen LogP contribution is 2.30. The van der Waals surface area contributed by atoms with Crippen molar-refractivity contribution in [2.45, 2.75) is 51.9 Å². The van der Waals surface area contributed by atoms with E-state index < -0.39 is 0 Å². The largest absolute Gasteiger partial charge is 0.504 e. The number of pyridine rings is 1. The van der Waals surface area contributed by atoms with Crippen molar-refractivity contribution in [1.82, 2.24) is 20.1 Å². The minimum Gasteiger partial charge on any atom is -0.504 e. The third kappa shape index (κ3) is 6.01. The van der Waals surface area contributed by atoms with Gasteiger partial charge in [0.2, 0.25) is 0 Å². The van der Waals surface area contributed by atoms with E-state index in [0.29, 0.717) is 41.6 Å². The number of likely N-dealkylation sites (tertiary alicyclic amines) is 1. The molecular formula is C26H35ClFN5O. The van der Waals surface area contributed by atoms with Crippen LogP contribution in [0.3, 0.4) is 0 Å². The Labute approximate surface area is 207 Å². The molecule has 8 heteroatoms. The van der Waals surface area contributed by atoms with Gasteiger partial charge in [0.1, 0.15) is 5.82 Å². The second kappa shape index (κ2) is 10.9. The van der Waals surface area contributed by atoms with E-state index in [0.717, 1.165) is 56.8 Å². The first kappa shape index (κ1) is 24.8. The predicted octanol–water partition coefficient (Wildman–Crippen LogP) is 4.38. The number of nitrogens with zero attached hydrogens (tertiary/aromatic N) is 4. The summed E-state index contributed by atoms with van der Waals surface area (Å²) in [6.07, 6.45) is 3.97. The summed E-state index contributed by atoms with van der Waals surface area (Å²) in [5.74, 6) is 0.658. The molecule has 184 valence electrons. The van der Waals surface area contributed by atoms with Crippen LogP contribution >= 0.6 is 11.6 Å². The van der Waals surface area contributed by atoms with Crippen molar-refractivity contribution in [1.29, 1.82) is 0 Å². The van der Waals surface area contributed by atoms with Gasteiger partial charge in [-0.15, -0.1) is 0 Å². The quantitative estimate of drug-likeness (QED) is 0.604. The van der Waals surface area contributed by atoms with Crippen LogP contribution in [0.4, 0.5) is 10.2 Å². The predicted molar refractivity (Wildman–Crippen MR) is 136 cm³/mol. The maximum atomic E-state index is 14.2. The average Bonchev–Trinajstić information content (AvgIpc) is 2.80. The van der Waals surface area contributed by atoms with Gasteiger partial charge >= 0.3 is 0 Å². The van der Waals surface area contributed by atoms with Crippen molar-refractivity contribution in [3.63, 3.8) is 0 Å². The molecule has 3 heterocycles. The topological polar surface area (TPSA) is 54.9 Å². The number of allylic oxidation sites excluding steroid dienone is 1. The van der Waals surface area contributed by atoms with Gasteiger partial charge in [-0.05, 0) is 63.5 Å². The second-order valence-electron chi connectivity index (χ2n) is 9.60. The van der Waals surface area contributed by atoms with Crippen LogP contribution in [0.5, 0.6) is 5.75 Å². The summed E-state index contributed by atoms with van der Waals surface area (Å²) < 4.78 is 14.2. The van der Waals surface area contributed by atoms with Gasteiger partial charge in [0.15, 0.2) is 11.6 Å². The van der Waals surface area contributed by atoms with E-state index in [2.05, 4.69) is 38.5 Å². The summed E-state index contributed by atoms with van der Waals surface area (Å²) in [7, 11) is 0. The van der Waals surface area contributed by atoms with Crippen LogP contribution in [0, 0.1) is 5.82 Å². The van der Waals surface area contributed by atoms with Crippen LogP contribution < -0.4 is 10.2 Å². The Kier molecular flexibility index (Phi) is 7.96. The SMILES string of the molecule is C=C(C)NCc1cnc(N2CCN(C3CCN(Cc4ccc(Cl)cc4F)CC3)C(C)C2)c(O)c1. The fourth-order valence-electron chi connectivity index (χ4n) is 5.09. The van der Waals surface area contributed by atoms with Gasteiger partial charge in [-0.25, -0.2) is 9.37 Å². The lowest BCUT2D eigenvalue weighted by atomic mass is 9.99. The number of nitrogens with one attached hydrogen (secondary N) is 1. The Balaban J connectivity index is 1.29. The maximum Gasteiger partial charge on any atom is 0.171 e. The van der Waals surface area contributed by atoms with Crippen molar-refractivity contribution < 1.29 is 9.50 Å². The van der Waals surface area contributed by atoms with E-state index in [-0.39, 0.29) is 11.6 Å². The smallest absolute Gasteiger partial charge is 0.171 e. The van der Waals surface area contributed by atoms with Gasteiger partial charge < -0.3 is 15.3 Å². The van der Waals surface area contributed by atoms with Crippen molar-refractivity contribution >= 4 is 17.4 Å². The van der Waals surface area contributed by atoms with E-state index in [1.165, 1.54) is 6.07 Å². The highest BCUT2D eigenvalue weighted by molar-refractivity contribution is 6.30. The normalized spacial score (nSPS) is 20.5. The Morgan fingerprint density at radius 1 is 1.24 bits per heavy atom. The number of rotatable bonds is 7. The van der Waals surface area contributed by atoms with E-state index in [9.17, 15) is 9.50 Å². The first-order chi connectivity index (χ1) is 16.3. The fourth-order valence-corrected chi connectivity index (χ4v) is 5.25. The van der Waals surface area contributed by atoms with Crippen molar-refractivity contribution in [2.75, 3.05) is 37.6 Å². The van der Waals surface area contributed by atoms with Crippen LogP contribution in [-0.4, -0.2) is 64.7 Å². The van der Waals surface area contributed by atoms with Crippen LogP contribution in [0.1, 0.15) is 37.8 Å². The van der Waals surface area contributed by atoms with E-state index in [1.54, 1.807) is 18.2 Å². The molecule has 1 unspecified atom stereocenters. The summed E-state index contributed by atoms with van der Waals surface area (Å²) >= 11 is 5.88. The zero-order valence-corrected chi connectivity index (χ0v) is 20.9. The molecule has 0 aliphatic carbocycles. The summed E-state index contributed by atoms with van der Waals surface area (Å²) in [4.78, 5) is 11.7. The monoisotopic (exact) mass is 487 g/mol. The van der Waals surface area contributed by atoms with Crippen molar-refractivity contribution in [3.05, 3.63) is 64.7 Å². The van der Waals surface area contributed by atoms with E-state index in [4.69, 9.17) is 11.6 Å². The number of benzene rings is 1. The zero-order chi connectivity index (χ0) is 24.2. The molecule has 2 aliphatic heterocycles. The van der Waals surface area contributed by atoms with Crippen LogP contribution in [0.2, 0.25) is 5.02 Å². The fraction of sp³-hybridized carbons (Fsp3) is 0.500. The molecule has 4 rings (SSSR count). The molecule has 34 heavy (non-hydrogen) atoms. The number of hydrogen-bond acceptors (Lipinski definition) is 6. The summed E-state index contributed by atoms with van der Waals surface area (Å²) in [5.41, 5.74) is 2.52. The molecule has 0 saturated carbocycles. The lowest BCUT2D eigenvalue weighted by Crippen LogP contribution is -2.57. The Morgan fingerprint density at radius 3 is 2.65 bits per heavy atom. The molecule has 2 saturated heterocycles. The molecule has 2 N–H and O–H groups in total. The Hall–Kier alpha value is -2.35. The number of hydrogen-bond donors (Lipinski definition) is 2. The van der Waals surface area contributed by atoms with Gasteiger partial charge in [-0.3, -0.25) is 9.80 Å². The summed E-state index contributed by atoms with van der Waals surface area (Å²) in [6, 6.07) is 7.62. The molecule has 0 bridgehead atoms. The first-order valence-corrected chi connectivity index (χ1v) is 12.4. The number of aromatic hydroxyl groups is 1. The number of aromatic nitrogens is 1. The van der Waals surface area contributed by atoms with Gasteiger partial charge in [-0.1, -0.05) is 24.2 Å². The standard InChI is InChI=1S/C26H35ClFN5O/c1-18(2)29-14-20-12-25(34)26(30-15-20)32-10-11-33(19(3)16-32)23-6-8-31(9-7-23)17-21-4-5-22(27)13-24(21)28/h4-5,12-13,15,19,23,29,34H,1,6-11,14,16-17H2,2-3H3. The lowest BCUT2D eigenvalue weighted by molar-refractivity contribution is 0.0686. The Morgan fingerprint density at radius 2 is 2.00 bits per heavy atom. The van der Waals surface area contributed by atoms with Crippen LogP contribution in [0.15, 0.2) is 42.7 Å². The van der Waals surface area contributed by atoms with Crippen LogP contribution in [-0.2, 0) is 13.1 Å². The second-order valence-corrected chi connectivity index (χ2v) is 10.0. The number of piperidine rings is 1. The molecule has 2 aliphatic rings. The molecule has 2 aromatic rings. The van der Waals surface area contributed by atoms with Crippen molar-refractivity contribution in [3.8, 4) is 5.75 Å². The minimum absolute atomic E-state index is 0.226. The first-order valence-electron chi connectivity index (χ1n) is 12.0. The summed E-state index contributed by atoms with van der Waals surface area (Å²) in [5, 5.41) is 14.2. The van der Waals surface area contributed by atoms with E-state index >= 15 is 0 Å². The lowest BCUT2D eigenvalue weighted by Gasteiger charge is -2.46. The third-order valence-corrected chi connectivity index (χ3v) is 7.15.